The fourth-order valence-electron chi connectivity index (χ4n) is 2.32. The largest absolute Gasteiger partial charge is 0.326 e. The summed E-state index contributed by atoms with van der Waals surface area (Å²) in [7, 11) is 0. The van der Waals surface area contributed by atoms with Crippen molar-refractivity contribution in [1.29, 1.82) is 10.5 Å². The Hall–Kier alpha value is -3.11. The Morgan fingerprint density at radius 1 is 0.909 bits per heavy atom. The van der Waals surface area contributed by atoms with Crippen LogP contribution in [0.25, 0.3) is 0 Å². The lowest BCUT2D eigenvalue weighted by Crippen LogP contribution is -2.09. The van der Waals surface area contributed by atoms with E-state index < -0.39 is 11.8 Å². The molecule has 1 N–H and O–H groups in total. The zero-order valence-corrected chi connectivity index (χ0v) is 12.2. The number of nitrogens with one attached hydrogen (secondary N) is 1. The van der Waals surface area contributed by atoms with Gasteiger partial charge in [-0.1, -0.05) is 42.5 Å². The maximum Gasteiger partial charge on any atom is 0.221 e. The summed E-state index contributed by atoms with van der Waals surface area (Å²) in [5, 5.41) is 21.6. The predicted molar refractivity (Wildman–Crippen MR) is 83.9 cm³/mol. The molecule has 0 aliphatic rings. The van der Waals surface area contributed by atoms with Crippen LogP contribution < -0.4 is 5.32 Å². The van der Waals surface area contributed by atoms with Crippen molar-refractivity contribution >= 4 is 11.6 Å². The van der Waals surface area contributed by atoms with E-state index in [2.05, 4.69) is 17.5 Å². The van der Waals surface area contributed by atoms with Gasteiger partial charge in [0.1, 0.15) is 0 Å². The van der Waals surface area contributed by atoms with Gasteiger partial charge in [0.25, 0.3) is 0 Å². The SMILES string of the molecule is CC(=O)Nc1ccc(C(C#N)C(C#N)c2ccccc2)cc1. The zero-order chi connectivity index (χ0) is 15.9. The van der Waals surface area contributed by atoms with Crippen LogP contribution in [0.4, 0.5) is 5.69 Å². The molecule has 2 unspecified atom stereocenters. The van der Waals surface area contributed by atoms with Crippen molar-refractivity contribution < 1.29 is 4.79 Å². The summed E-state index contributed by atoms with van der Waals surface area (Å²) < 4.78 is 0. The Labute approximate surface area is 129 Å². The molecule has 4 nitrogen and oxygen atoms in total. The molecule has 1 amide bonds. The summed E-state index contributed by atoms with van der Waals surface area (Å²) >= 11 is 0. The van der Waals surface area contributed by atoms with Gasteiger partial charge < -0.3 is 5.32 Å². The highest BCUT2D eigenvalue weighted by Gasteiger charge is 2.24. The highest BCUT2D eigenvalue weighted by molar-refractivity contribution is 5.88. The highest BCUT2D eigenvalue weighted by Crippen LogP contribution is 2.32. The summed E-state index contributed by atoms with van der Waals surface area (Å²) in [6.07, 6.45) is 0. The number of carbonyl (C=O) groups is 1. The molecule has 0 spiro atoms. The minimum atomic E-state index is -0.557. The number of anilines is 1. The molecular weight excluding hydrogens is 274 g/mol. The monoisotopic (exact) mass is 289 g/mol. The first-order valence-corrected chi connectivity index (χ1v) is 6.87. The van der Waals surface area contributed by atoms with Gasteiger partial charge in [0.2, 0.25) is 5.91 Å². The average Bonchev–Trinajstić information content (AvgIpc) is 2.54. The van der Waals surface area contributed by atoms with Crippen molar-refractivity contribution in [1.82, 2.24) is 0 Å². The van der Waals surface area contributed by atoms with E-state index in [-0.39, 0.29) is 5.91 Å². The van der Waals surface area contributed by atoms with Gasteiger partial charge in [-0.05, 0) is 23.3 Å². The molecule has 0 aliphatic carbocycles. The van der Waals surface area contributed by atoms with Crippen molar-refractivity contribution in [3.8, 4) is 12.1 Å². The van der Waals surface area contributed by atoms with Crippen molar-refractivity contribution in [2.24, 2.45) is 0 Å². The quantitative estimate of drug-likeness (QED) is 0.934. The molecule has 0 aliphatic heterocycles. The van der Waals surface area contributed by atoms with Crippen LogP contribution in [0.1, 0.15) is 29.9 Å². The third kappa shape index (κ3) is 3.50. The van der Waals surface area contributed by atoms with Crippen LogP contribution in [-0.2, 0) is 4.79 Å². The maximum absolute atomic E-state index is 11.0. The Balaban J connectivity index is 2.30. The molecule has 0 fully saturated rings. The molecule has 0 radical (unpaired) electrons. The van der Waals surface area contributed by atoms with Crippen LogP contribution in [0.2, 0.25) is 0 Å². The molecule has 4 heteroatoms. The molecule has 2 rings (SSSR count). The molecule has 0 saturated heterocycles. The Kier molecular flexibility index (Phi) is 4.90. The van der Waals surface area contributed by atoms with E-state index in [1.54, 1.807) is 24.3 Å². The van der Waals surface area contributed by atoms with Crippen molar-refractivity contribution in [2.75, 3.05) is 5.32 Å². The molecule has 2 aromatic rings. The predicted octanol–water partition coefficient (Wildman–Crippen LogP) is 3.56. The molecule has 2 aromatic carbocycles. The zero-order valence-electron chi connectivity index (χ0n) is 12.2. The van der Waals surface area contributed by atoms with Gasteiger partial charge in [-0.15, -0.1) is 0 Å². The normalized spacial score (nSPS) is 12.5. The topological polar surface area (TPSA) is 76.7 Å². The number of hydrogen-bond donors (Lipinski definition) is 1. The number of nitriles is 2. The van der Waals surface area contributed by atoms with E-state index in [0.29, 0.717) is 5.69 Å². The standard InChI is InChI=1S/C18H15N3O/c1-13(22)21-16-9-7-15(8-10-16)18(12-20)17(11-19)14-5-3-2-4-6-14/h2-10,17-18H,1H3,(H,21,22). The number of amides is 1. The Morgan fingerprint density at radius 3 is 1.86 bits per heavy atom. The second kappa shape index (κ2) is 7.06. The maximum atomic E-state index is 11.0. The minimum absolute atomic E-state index is 0.149. The van der Waals surface area contributed by atoms with Crippen LogP contribution >= 0.6 is 0 Å². The summed E-state index contributed by atoms with van der Waals surface area (Å²) in [6.45, 7) is 1.44. The van der Waals surface area contributed by atoms with Gasteiger partial charge in [-0.25, -0.2) is 0 Å². The van der Waals surface area contributed by atoms with Gasteiger partial charge in [0, 0.05) is 12.6 Å². The Bertz CT molecular complexity index is 724. The first kappa shape index (κ1) is 15.3. The summed E-state index contributed by atoms with van der Waals surface area (Å²) in [5.74, 6) is -1.24. The fraction of sp³-hybridized carbons (Fsp3) is 0.167. The van der Waals surface area contributed by atoms with E-state index in [1.165, 1.54) is 6.92 Å². The van der Waals surface area contributed by atoms with Gasteiger partial charge in [0.15, 0.2) is 0 Å². The molecule has 108 valence electrons. The molecule has 0 bridgehead atoms. The van der Waals surface area contributed by atoms with Gasteiger partial charge in [0.05, 0.1) is 24.0 Å². The second-order valence-corrected chi connectivity index (χ2v) is 4.93. The lowest BCUT2D eigenvalue weighted by molar-refractivity contribution is -0.114. The summed E-state index contributed by atoms with van der Waals surface area (Å²) in [4.78, 5) is 11.0. The Morgan fingerprint density at radius 2 is 1.41 bits per heavy atom. The number of nitrogens with zero attached hydrogens (tertiary/aromatic N) is 2. The van der Waals surface area contributed by atoms with Crippen LogP contribution in [0.5, 0.6) is 0 Å². The lowest BCUT2D eigenvalue weighted by Gasteiger charge is -2.16. The molecule has 2 atom stereocenters. The number of benzene rings is 2. The van der Waals surface area contributed by atoms with Gasteiger partial charge in [-0.3, -0.25) is 4.79 Å². The van der Waals surface area contributed by atoms with Crippen molar-refractivity contribution in [2.45, 2.75) is 18.8 Å². The van der Waals surface area contributed by atoms with Gasteiger partial charge in [-0.2, -0.15) is 10.5 Å². The van der Waals surface area contributed by atoms with E-state index in [1.807, 2.05) is 30.3 Å². The first-order valence-electron chi connectivity index (χ1n) is 6.87. The van der Waals surface area contributed by atoms with E-state index >= 15 is 0 Å². The summed E-state index contributed by atoms with van der Waals surface area (Å²) in [6, 6.07) is 20.7. The molecule has 0 saturated carbocycles. The number of carbonyl (C=O) groups excluding carboxylic acids is 1. The van der Waals surface area contributed by atoms with E-state index in [9.17, 15) is 15.3 Å². The van der Waals surface area contributed by atoms with Gasteiger partial charge >= 0.3 is 0 Å². The lowest BCUT2D eigenvalue weighted by atomic mass is 9.83. The minimum Gasteiger partial charge on any atom is -0.326 e. The van der Waals surface area contributed by atoms with Crippen LogP contribution in [-0.4, -0.2) is 5.91 Å². The van der Waals surface area contributed by atoms with E-state index in [4.69, 9.17) is 0 Å². The highest BCUT2D eigenvalue weighted by atomic mass is 16.1. The molecular formula is C18H15N3O. The van der Waals surface area contributed by atoms with Crippen LogP contribution in [0.3, 0.4) is 0 Å². The molecule has 0 heterocycles. The second-order valence-electron chi connectivity index (χ2n) is 4.93. The first-order chi connectivity index (χ1) is 10.7. The van der Waals surface area contributed by atoms with Crippen LogP contribution in [0.15, 0.2) is 54.6 Å². The van der Waals surface area contributed by atoms with E-state index in [0.717, 1.165) is 11.1 Å². The number of rotatable bonds is 4. The van der Waals surface area contributed by atoms with Crippen LogP contribution in [0, 0.1) is 22.7 Å². The smallest absolute Gasteiger partial charge is 0.221 e. The molecule has 22 heavy (non-hydrogen) atoms. The van der Waals surface area contributed by atoms with Crippen molar-refractivity contribution in [3.05, 3.63) is 65.7 Å². The summed E-state index contributed by atoms with van der Waals surface area (Å²) in [5.41, 5.74) is 2.25. The fourth-order valence-corrected chi connectivity index (χ4v) is 2.32. The average molecular weight is 289 g/mol. The molecule has 0 aromatic heterocycles. The third-order valence-corrected chi connectivity index (χ3v) is 3.36. The third-order valence-electron chi connectivity index (χ3n) is 3.36. The number of hydrogen-bond acceptors (Lipinski definition) is 3. The van der Waals surface area contributed by atoms with Crippen molar-refractivity contribution in [3.63, 3.8) is 0 Å².